The predicted octanol–water partition coefficient (Wildman–Crippen LogP) is 2.37. The van der Waals surface area contributed by atoms with Crippen molar-refractivity contribution in [2.75, 3.05) is 12.3 Å². The highest BCUT2D eigenvalue weighted by Crippen LogP contribution is 2.24. The van der Waals surface area contributed by atoms with Crippen LogP contribution in [0.3, 0.4) is 0 Å². The molecule has 1 aromatic rings. The van der Waals surface area contributed by atoms with E-state index in [1.54, 1.807) is 12.3 Å². The average molecular weight is 250 g/mol. The Morgan fingerprint density at radius 3 is 2.56 bits per heavy atom. The molecular formula is C14H22N2O2. The SMILES string of the molecule is CCOC(CC)(CC)C(=O)Cc1cccnc1N. The highest BCUT2D eigenvalue weighted by atomic mass is 16.5. The van der Waals surface area contributed by atoms with Crippen LogP contribution >= 0.6 is 0 Å². The first-order valence-corrected chi connectivity index (χ1v) is 6.46. The highest BCUT2D eigenvalue weighted by Gasteiger charge is 2.35. The highest BCUT2D eigenvalue weighted by molar-refractivity contribution is 5.89. The largest absolute Gasteiger partial charge is 0.383 e. The topological polar surface area (TPSA) is 65.2 Å². The van der Waals surface area contributed by atoms with Crippen molar-refractivity contribution in [2.24, 2.45) is 0 Å². The van der Waals surface area contributed by atoms with Gasteiger partial charge < -0.3 is 10.5 Å². The molecule has 18 heavy (non-hydrogen) atoms. The second-order valence-corrected chi connectivity index (χ2v) is 4.28. The summed E-state index contributed by atoms with van der Waals surface area (Å²) < 4.78 is 5.69. The average Bonchev–Trinajstić information content (AvgIpc) is 2.38. The Morgan fingerprint density at radius 2 is 2.06 bits per heavy atom. The summed E-state index contributed by atoms with van der Waals surface area (Å²) in [7, 11) is 0. The van der Waals surface area contributed by atoms with E-state index in [1.165, 1.54) is 0 Å². The normalized spacial score (nSPS) is 11.5. The third-order valence-corrected chi connectivity index (χ3v) is 3.35. The molecule has 100 valence electrons. The van der Waals surface area contributed by atoms with Crippen LogP contribution in [0.2, 0.25) is 0 Å². The molecule has 0 saturated heterocycles. The number of anilines is 1. The van der Waals surface area contributed by atoms with E-state index in [0.29, 0.717) is 25.3 Å². The molecule has 2 N–H and O–H groups in total. The summed E-state index contributed by atoms with van der Waals surface area (Å²) in [5.41, 5.74) is 5.85. The predicted molar refractivity (Wildman–Crippen MR) is 72.3 cm³/mol. The van der Waals surface area contributed by atoms with E-state index in [4.69, 9.17) is 10.5 Å². The molecule has 0 fully saturated rings. The minimum absolute atomic E-state index is 0.0778. The molecule has 4 nitrogen and oxygen atoms in total. The van der Waals surface area contributed by atoms with Gasteiger partial charge in [-0.25, -0.2) is 4.98 Å². The van der Waals surface area contributed by atoms with Gasteiger partial charge in [-0.05, 0) is 25.8 Å². The summed E-state index contributed by atoms with van der Waals surface area (Å²) in [6.07, 6.45) is 3.26. The van der Waals surface area contributed by atoms with Gasteiger partial charge in [0, 0.05) is 24.8 Å². The summed E-state index contributed by atoms with van der Waals surface area (Å²) in [6, 6.07) is 3.63. The molecule has 1 heterocycles. The van der Waals surface area contributed by atoms with Crippen LogP contribution in [-0.2, 0) is 16.0 Å². The fourth-order valence-electron chi connectivity index (χ4n) is 2.14. The number of Topliss-reactive ketones (excluding diaryl/α,β-unsaturated/α-hetero) is 1. The zero-order valence-electron chi connectivity index (χ0n) is 11.4. The molecule has 0 amide bonds. The Morgan fingerprint density at radius 1 is 1.39 bits per heavy atom. The molecule has 0 spiro atoms. The maximum Gasteiger partial charge on any atom is 0.169 e. The summed E-state index contributed by atoms with van der Waals surface area (Å²) >= 11 is 0. The van der Waals surface area contributed by atoms with E-state index in [0.717, 1.165) is 5.56 Å². The second-order valence-electron chi connectivity index (χ2n) is 4.28. The fourth-order valence-corrected chi connectivity index (χ4v) is 2.14. The van der Waals surface area contributed by atoms with Crippen molar-refractivity contribution in [1.29, 1.82) is 0 Å². The van der Waals surface area contributed by atoms with Gasteiger partial charge in [0.25, 0.3) is 0 Å². The van der Waals surface area contributed by atoms with Gasteiger partial charge in [-0.3, -0.25) is 4.79 Å². The van der Waals surface area contributed by atoms with E-state index in [1.807, 2.05) is 26.8 Å². The third-order valence-electron chi connectivity index (χ3n) is 3.35. The van der Waals surface area contributed by atoms with Crippen LogP contribution in [0.15, 0.2) is 18.3 Å². The van der Waals surface area contributed by atoms with Crippen LogP contribution in [0, 0.1) is 0 Å². The number of hydrogen-bond acceptors (Lipinski definition) is 4. The summed E-state index contributed by atoms with van der Waals surface area (Å²) in [5, 5.41) is 0. The maximum atomic E-state index is 12.4. The van der Waals surface area contributed by atoms with Crippen molar-refractivity contribution in [3.8, 4) is 0 Å². The number of nitrogens with zero attached hydrogens (tertiary/aromatic N) is 1. The first-order valence-electron chi connectivity index (χ1n) is 6.46. The lowest BCUT2D eigenvalue weighted by Crippen LogP contribution is -2.41. The Hall–Kier alpha value is -1.42. The molecule has 0 bridgehead atoms. The molecule has 0 aliphatic rings. The lowest BCUT2D eigenvalue weighted by Gasteiger charge is -2.30. The monoisotopic (exact) mass is 250 g/mol. The van der Waals surface area contributed by atoms with E-state index in [9.17, 15) is 4.79 Å². The van der Waals surface area contributed by atoms with Crippen LogP contribution in [0.1, 0.15) is 39.2 Å². The van der Waals surface area contributed by atoms with Crippen molar-refractivity contribution in [3.63, 3.8) is 0 Å². The quantitative estimate of drug-likeness (QED) is 0.806. The van der Waals surface area contributed by atoms with E-state index >= 15 is 0 Å². The molecule has 1 aromatic heterocycles. The Bertz CT molecular complexity index is 401. The van der Waals surface area contributed by atoms with Crippen molar-refractivity contribution >= 4 is 11.6 Å². The molecule has 0 saturated carbocycles. The van der Waals surface area contributed by atoms with E-state index in [-0.39, 0.29) is 12.2 Å². The molecule has 4 heteroatoms. The number of rotatable bonds is 7. The van der Waals surface area contributed by atoms with Crippen LogP contribution in [0.4, 0.5) is 5.82 Å². The van der Waals surface area contributed by atoms with Gasteiger partial charge in [-0.15, -0.1) is 0 Å². The zero-order chi connectivity index (χ0) is 13.6. The van der Waals surface area contributed by atoms with Gasteiger partial charge in [0.05, 0.1) is 0 Å². The number of carbonyl (C=O) groups excluding carboxylic acids is 1. The Kier molecular flexibility index (Phi) is 5.28. The van der Waals surface area contributed by atoms with Crippen molar-refractivity contribution < 1.29 is 9.53 Å². The second kappa shape index (κ2) is 6.50. The minimum atomic E-state index is -0.684. The first kappa shape index (κ1) is 14.6. The molecular weight excluding hydrogens is 228 g/mol. The van der Waals surface area contributed by atoms with Crippen LogP contribution in [-0.4, -0.2) is 23.0 Å². The number of ether oxygens (including phenoxy) is 1. The molecule has 0 unspecified atom stereocenters. The van der Waals surface area contributed by atoms with Crippen LogP contribution < -0.4 is 5.73 Å². The summed E-state index contributed by atoms with van der Waals surface area (Å²) in [5.74, 6) is 0.498. The number of hydrogen-bond donors (Lipinski definition) is 1. The molecule has 1 rings (SSSR count). The number of pyridine rings is 1. The van der Waals surface area contributed by atoms with Gasteiger partial charge in [0.15, 0.2) is 5.78 Å². The Labute approximate surface area is 109 Å². The molecule has 0 atom stereocenters. The van der Waals surface area contributed by atoms with Crippen LogP contribution in [0.5, 0.6) is 0 Å². The van der Waals surface area contributed by atoms with Crippen molar-refractivity contribution in [1.82, 2.24) is 4.98 Å². The fraction of sp³-hybridized carbons (Fsp3) is 0.571. The van der Waals surface area contributed by atoms with Crippen LogP contribution in [0.25, 0.3) is 0 Å². The number of carbonyl (C=O) groups is 1. The lowest BCUT2D eigenvalue weighted by atomic mass is 9.88. The standard InChI is InChI=1S/C14H22N2O2/c1-4-14(5-2,18-6-3)12(17)10-11-8-7-9-16-13(11)15/h7-9H,4-6,10H2,1-3H3,(H2,15,16). The van der Waals surface area contributed by atoms with Crippen molar-refractivity contribution in [3.05, 3.63) is 23.9 Å². The lowest BCUT2D eigenvalue weighted by molar-refractivity contribution is -0.144. The molecule has 0 aliphatic carbocycles. The van der Waals surface area contributed by atoms with E-state index < -0.39 is 5.60 Å². The van der Waals surface area contributed by atoms with Gasteiger partial charge in [-0.2, -0.15) is 0 Å². The minimum Gasteiger partial charge on any atom is -0.383 e. The number of aromatic nitrogens is 1. The summed E-state index contributed by atoms with van der Waals surface area (Å²) in [4.78, 5) is 16.4. The van der Waals surface area contributed by atoms with Gasteiger partial charge in [0.1, 0.15) is 11.4 Å². The van der Waals surface area contributed by atoms with Gasteiger partial charge in [-0.1, -0.05) is 19.9 Å². The first-order chi connectivity index (χ1) is 8.59. The zero-order valence-corrected chi connectivity index (χ0v) is 11.4. The van der Waals surface area contributed by atoms with Crippen molar-refractivity contribution in [2.45, 2.75) is 45.6 Å². The summed E-state index contributed by atoms with van der Waals surface area (Å²) in [6.45, 7) is 6.40. The smallest absolute Gasteiger partial charge is 0.169 e. The number of nitrogens with two attached hydrogens (primary N) is 1. The number of nitrogen functional groups attached to an aromatic ring is 1. The van der Waals surface area contributed by atoms with Gasteiger partial charge >= 0.3 is 0 Å². The maximum absolute atomic E-state index is 12.4. The molecule has 0 aliphatic heterocycles. The Balaban J connectivity index is 2.89. The molecule has 0 aromatic carbocycles. The number of ketones is 1. The van der Waals surface area contributed by atoms with Gasteiger partial charge in [0.2, 0.25) is 0 Å². The third kappa shape index (κ3) is 3.07. The van der Waals surface area contributed by atoms with E-state index in [2.05, 4.69) is 4.98 Å². The molecule has 0 radical (unpaired) electrons.